The van der Waals surface area contributed by atoms with E-state index in [1.807, 2.05) is 0 Å². The first-order chi connectivity index (χ1) is 9.17. The molecular formula is C15H23NO2S. The van der Waals surface area contributed by atoms with Crippen molar-refractivity contribution in [2.75, 3.05) is 19.4 Å². The summed E-state index contributed by atoms with van der Waals surface area (Å²) >= 11 is 1.78. The molecule has 1 rings (SSSR count). The van der Waals surface area contributed by atoms with Gasteiger partial charge in [-0.15, -0.1) is 11.8 Å². The van der Waals surface area contributed by atoms with Crippen molar-refractivity contribution in [2.24, 2.45) is 0 Å². The van der Waals surface area contributed by atoms with Crippen molar-refractivity contribution in [2.45, 2.75) is 37.6 Å². The van der Waals surface area contributed by atoms with Gasteiger partial charge in [0.2, 0.25) is 0 Å². The quantitative estimate of drug-likeness (QED) is 0.587. The number of methoxy groups -OCH3 is 1. The third-order valence-corrected chi connectivity index (χ3v) is 3.82. The topological polar surface area (TPSA) is 38.3 Å². The number of hydrogen-bond acceptors (Lipinski definition) is 4. The number of hydrogen-bond donors (Lipinski definition) is 1. The fourth-order valence-corrected chi connectivity index (χ4v) is 2.80. The number of esters is 1. The van der Waals surface area contributed by atoms with Gasteiger partial charge in [0.05, 0.1) is 7.11 Å². The lowest BCUT2D eigenvalue weighted by molar-refractivity contribution is -0.143. The highest BCUT2D eigenvalue weighted by atomic mass is 32.2. The van der Waals surface area contributed by atoms with Gasteiger partial charge in [-0.05, 0) is 38.4 Å². The lowest BCUT2D eigenvalue weighted by Gasteiger charge is -2.15. The van der Waals surface area contributed by atoms with Crippen molar-refractivity contribution in [1.29, 1.82) is 0 Å². The largest absolute Gasteiger partial charge is 0.468 e. The normalized spacial score (nSPS) is 12.2. The molecule has 0 aliphatic heterocycles. The van der Waals surface area contributed by atoms with Gasteiger partial charge >= 0.3 is 5.97 Å². The number of ether oxygens (including phenoxy) is 1. The van der Waals surface area contributed by atoms with Crippen LogP contribution in [0.5, 0.6) is 0 Å². The van der Waals surface area contributed by atoms with Crippen LogP contribution in [0.2, 0.25) is 0 Å². The summed E-state index contributed by atoms with van der Waals surface area (Å²) in [5.74, 6) is 0.734. The molecule has 1 atom stereocenters. The number of aryl methyl sites for hydroxylation is 1. The van der Waals surface area contributed by atoms with Crippen LogP contribution in [0.4, 0.5) is 0 Å². The molecule has 0 aliphatic carbocycles. The second kappa shape index (κ2) is 8.99. The average molecular weight is 281 g/mol. The van der Waals surface area contributed by atoms with Gasteiger partial charge in [-0.1, -0.05) is 24.6 Å². The molecule has 1 aromatic carbocycles. The molecule has 4 heteroatoms. The molecule has 1 N–H and O–H groups in total. The Morgan fingerprint density at radius 2 is 2.26 bits per heavy atom. The van der Waals surface area contributed by atoms with Crippen molar-refractivity contribution in [3.63, 3.8) is 0 Å². The van der Waals surface area contributed by atoms with Gasteiger partial charge in [0.25, 0.3) is 0 Å². The minimum Gasteiger partial charge on any atom is -0.468 e. The number of carbonyl (C=O) groups excluding carboxylic acids is 1. The van der Waals surface area contributed by atoms with Gasteiger partial charge in [0, 0.05) is 10.6 Å². The number of benzene rings is 1. The Hall–Kier alpha value is -1.00. The van der Waals surface area contributed by atoms with Gasteiger partial charge in [0.1, 0.15) is 6.04 Å². The Morgan fingerprint density at radius 3 is 2.89 bits per heavy atom. The number of rotatable bonds is 8. The van der Waals surface area contributed by atoms with Gasteiger partial charge in [-0.25, -0.2) is 0 Å². The molecule has 0 amide bonds. The predicted molar refractivity (Wildman–Crippen MR) is 80.6 cm³/mol. The first-order valence-electron chi connectivity index (χ1n) is 6.68. The van der Waals surface area contributed by atoms with E-state index in [0.717, 1.165) is 25.1 Å². The van der Waals surface area contributed by atoms with E-state index >= 15 is 0 Å². The SMILES string of the molecule is CCCNC(CCSc1cccc(C)c1)C(=O)OC. The highest BCUT2D eigenvalue weighted by molar-refractivity contribution is 7.99. The van der Waals surface area contributed by atoms with Gasteiger partial charge in [-0.2, -0.15) is 0 Å². The van der Waals surface area contributed by atoms with Crippen molar-refractivity contribution in [3.8, 4) is 0 Å². The Morgan fingerprint density at radius 1 is 1.47 bits per heavy atom. The van der Waals surface area contributed by atoms with Gasteiger partial charge in [-0.3, -0.25) is 4.79 Å². The van der Waals surface area contributed by atoms with E-state index < -0.39 is 0 Å². The lowest BCUT2D eigenvalue weighted by atomic mass is 10.2. The van der Waals surface area contributed by atoms with Crippen LogP contribution in [-0.2, 0) is 9.53 Å². The molecule has 1 unspecified atom stereocenters. The van der Waals surface area contributed by atoms with Crippen LogP contribution in [0.15, 0.2) is 29.2 Å². The zero-order valence-corrected chi connectivity index (χ0v) is 12.8. The van der Waals surface area contributed by atoms with E-state index in [1.165, 1.54) is 17.6 Å². The summed E-state index contributed by atoms with van der Waals surface area (Å²) < 4.78 is 4.82. The zero-order chi connectivity index (χ0) is 14.1. The fourth-order valence-electron chi connectivity index (χ4n) is 1.76. The Balaban J connectivity index is 2.41. The molecule has 106 valence electrons. The van der Waals surface area contributed by atoms with Crippen molar-refractivity contribution in [1.82, 2.24) is 5.32 Å². The van der Waals surface area contributed by atoms with Gasteiger partial charge in [0.15, 0.2) is 0 Å². The monoisotopic (exact) mass is 281 g/mol. The molecule has 0 bridgehead atoms. The highest BCUT2D eigenvalue weighted by Gasteiger charge is 2.17. The summed E-state index contributed by atoms with van der Waals surface area (Å²) in [5.41, 5.74) is 1.26. The molecular weight excluding hydrogens is 258 g/mol. The van der Waals surface area contributed by atoms with E-state index in [9.17, 15) is 4.79 Å². The maximum Gasteiger partial charge on any atom is 0.322 e. The molecule has 0 saturated heterocycles. The first kappa shape index (κ1) is 16.1. The van der Waals surface area contributed by atoms with Gasteiger partial charge < -0.3 is 10.1 Å². The average Bonchev–Trinajstić information content (AvgIpc) is 2.42. The lowest BCUT2D eigenvalue weighted by Crippen LogP contribution is -2.38. The molecule has 0 saturated carbocycles. The minimum absolute atomic E-state index is 0.168. The molecule has 19 heavy (non-hydrogen) atoms. The van der Waals surface area contributed by atoms with Crippen LogP contribution in [0, 0.1) is 6.92 Å². The number of nitrogens with one attached hydrogen (secondary N) is 1. The van der Waals surface area contributed by atoms with E-state index in [4.69, 9.17) is 4.74 Å². The van der Waals surface area contributed by atoms with Crippen molar-refractivity contribution in [3.05, 3.63) is 29.8 Å². The molecule has 0 aliphatic rings. The summed E-state index contributed by atoms with van der Waals surface area (Å²) in [5, 5.41) is 3.23. The standard InChI is InChI=1S/C15H23NO2S/c1-4-9-16-14(15(17)18-3)8-10-19-13-7-5-6-12(2)11-13/h5-7,11,14,16H,4,8-10H2,1-3H3. The molecule has 0 radical (unpaired) electrons. The Kier molecular flexibility index (Phi) is 7.60. The molecule has 3 nitrogen and oxygen atoms in total. The van der Waals surface area contributed by atoms with Crippen LogP contribution in [0.1, 0.15) is 25.3 Å². The first-order valence-corrected chi connectivity index (χ1v) is 7.66. The number of carbonyl (C=O) groups is 1. The molecule has 0 spiro atoms. The van der Waals surface area contributed by atoms with Crippen LogP contribution in [-0.4, -0.2) is 31.4 Å². The van der Waals surface area contributed by atoms with E-state index in [-0.39, 0.29) is 12.0 Å². The third kappa shape index (κ3) is 6.12. The Labute approximate surface area is 120 Å². The number of thioether (sulfide) groups is 1. The maximum atomic E-state index is 11.6. The molecule has 1 aromatic rings. The van der Waals surface area contributed by atoms with E-state index in [1.54, 1.807) is 11.8 Å². The summed E-state index contributed by atoms with van der Waals surface area (Å²) in [6, 6.07) is 8.22. The summed E-state index contributed by atoms with van der Waals surface area (Å²) in [6.07, 6.45) is 1.80. The van der Waals surface area contributed by atoms with E-state index in [2.05, 4.69) is 43.4 Å². The summed E-state index contributed by atoms with van der Waals surface area (Å²) in [6.45, 7) is 5.02. The van der Waals surface area contributed by atoms with Crippen LogP contribution >= 0.6 is 11.8 Å². The van der Waals surface area contributed by atoms with Crippen LogP contribution in [0.25, 0.3) is 0 Å². The zero-order valence-electron chi connectivity index (χ0n) is 11.9. The third-order valence-electron chi connectivity index (χ3n) is 2.79. The maximum absolute atomic E-state index is 11.6. The predicted octanol–water partition coefficient (Wildman–Crippen LogP) is 3.02. The second-order valence-electron chi connectivity index (χ2n) is 4.48. The molecule has 0 heterocycles. The minimum atomic E-state index is -0.192. The van der Waals surface area contributed by atoms with E-state index in [0.29, 0.717) is 0 Å². The van der Waals surface area contributed by atoms with Crippen LogP contribution < -0.4 is 5.32 Å². The van der Waals surface area contributed by atoms with Crippen molar-refractivity contribution < 1.29 is 9.53 Å². The second-order valence-corrected chi connectivity index (χ2v) is 5.65. The summed E-state index contributed by atoms with van der Waals surface area (Å²) in [7, 11) is 1.44. The smallest absolute Gasteiger partial charge is 0.322 e. The fraction of sp³-hybridized carbons (Fsp3) is 0.533. The molecule has 0 aromatic heterocycles. The highest BCUT2D eigenvalue weighted by Crippen LogP contribution is 2.20. The van der Waals surface area contributed by atoms with Crippen molar-refractivity contribution >= 4 is 17.7 Å². The van der Waals surface area contributed by atoms with Crippen LogP contribution in [0.3, 0.4) is 0 Å². The Bertz CT molecular complexity index is 395. The molecule has 0 fully saturated rings. The summed E-state index contributed by atoms with van der Waals surface area (Å²) in [4.78, 5) is 12.9.